The molecule has 0 amide bonds. The van der Waals surface area contributed by atoms with Crippen molar-refractivity contribution in [3.63, 3.8) is 0 Å². The summed E-state index contributed by atoms with van der Waals surface area (Å²) in [6, 6.07) is 2.80. The van der Waals surface area contributed by atoms with Crippen molar-refractivity contribution < 1.29 is 17.2 Å². The monoisotopic (exact) mass is 316 g/mol. The van der Waals surface area contributed by atoms with Crippen LogP contribution in [0.2, 0.25) is 0 Å². The zero-order valence-corrected chi connectivity index (χ0v) is 12.4. The van der Waals surface area contributed by atoms with E-state index in [1.54, 1.807) is 20.8 Å². The van der Waals surface area contributed by atoms with Crippen LogP contribution in [-0.4, -0.2) is 23.2 Å². The molecule has 2 aromatic rings. The molecule has 0 aliphatic heterocycles. The Hall–Kier alpha value is -1.87. The number of rotatable bonds is 2. The quantitative estimate of drug-likeness (QED) is 0.911. The van der Waals surface area contributed by atoms with Crippen LogP contribution < -0.4 is 5.14 Å². The van der Waals surface area contributed by atoms with Crippen molar-refractivity contribution in [3.05, 3.63) is 29.8 Å². The Balaban J connectivity index is 2.79. The molecule has 114 valence electrons. The Morgan fingerprint density at radius 1 is 1.10 bits per heavy atom. The number of nitrogens with two attached hydrogens (primary N) is 1. The number of hydrogen-bond donors (Lipinski definition) is 1. The smallest absolute Gasteiger partial charge is 0.273 e. The van der Waals surface area contributed by atoms with E-state index in [-0.39, 0.29) is 11.4 Å². The van der Waals surface area contributed by atoms with E-state index in [2.05, 4.69) is 10.2 Å². The van der Waals surface area contributed by atoms with Crippen LogP contribution in [0, 0.1) is 11.6 Å². The zero-order valence-electron chi connectivity index (χ0n) is 11.6. The van der Waals surface area contributed by atoms with Crippen molar-refractivity contribution in [1.29, 1.82) is 0 Å². The van der Waals surface area contributed by atoms with Crippen molar-refractivity contribution in [2.75, 3.05) is 0 Å². The molecule has 2 rings (SSSR count). The van der Waals surface area contributed by atoms with Gasteiger partial charge in [0.05, 0.1) is 0 Å². The molecule has 2 N–H and O–H groups in total. The number of sulfonamides is 1. The zero-order chi connectivity index (χ0) is 16.0. The molecular formula is C12H14F2N4O2S. The molecule has 0 aliphatic carbocycles. The normalized spacial score (nSPS) is 12.7. The Labute approximate surface area is 120 Å². The van der Waals surface area contributed by atoms with Gasteiger partial charge >= 0.3 is 0 Å². The van der Waals surface area contributed by atoms with Crippen molar-refractivity contribution in [2.45, 2.75) is 31.5 Å². The molecule has 1 aromatic heterocycles. The van der Waals surface area contributed by atoms with Gasteiger partial charge in [0.25, 0.3) is 15.2 Å². The molecule has 0 spiro atoms. The second kappa shape index (κ2) is 4.85. The Kier molecular flexibility index (Phi) is 3.58. The van der Waals surface area contributed by atoms with Gasteiger partial charge in [0, 0.05) is 17.2 Å². The minimum Gasteiger partial charge on any atom is -0.291 e. The topological polar surface area (TPSA) is 90.9 Å². The summed E-state index contributed by atoms with van der Waals surface area (Å²) >= 11 is 0. The van der Waals surface area contributed by atoms with E-state index >= 15 is 0 Å². The maximum Gasteiger partial charge on any atom is 0.273 e. The SMILES string of the molecule is CC(C)(C)n1c(-c2cc(F)cc(F)c2)nnc1S(N)(=O)=O. The second-order valence-electron chi connectivity index (χ2n) is 5.52. The van der Waals surface area contributed by atoms with Gasteiger partial charge in [0.1, 0.15) is 11.6 Å². The molecule has 21 heavy (non-hydrogen) atoms. The third-order valence-corrected chi connectivity index (χ3v) is 3.45. The molecule has 0 saturated heterocycles. The average molecular weight is 316 g/mol. The van der Waals surface area contributed by atoms with Gasteiger partial charge in [0.2, 0.25) is 0 Å². The highest BCUT2D eigenvalue weighted by Gasteiger charge is 2.29. The van der Waals surface area contributed by atoms with E-state index in [9.17, 15) is 17.2 Å². The highest BCUT2D eigenvalue weighted by molar-refractivity contribution is 7.89. The molecule has 0 bridgehead atoms. The molecule has 0 fully saturated rings. The van der Waals surface area contributed by atoms with Crippen LogP contribution in [0.1, 0.15) is 20.8 Å². The van der Waals surface area contributed by atoms with E-state index in [0.717, 1.165) is 12.1 Å². The molecular weight excluding hydrogens is 302 g/mol. The van der Waals surface area contributed by atoms with E-state index in [4.69, 9.17) is 5.14 Å². The van der Waals surface area contributed by atoms with Crippen LogP contribution >= 0.6 is 0 Å². The molecule has 0 radical (unpaired) electrons. The fourth-order valence-electron chi connectivity index (χ4n) is 1.93. The maximum atomic E-state index is 13.3. The van der Waals surface area contributed by atoms with Crippen molar-refractivity contribution in [2.24, 2.45) is 5.14 Å². The van der Waals surface area contributed by atoms with Gasteiger partial charge in [-0.3, -0.25) is 4.57 Å². The van der Waals surface area contributed by atoms with E-state index in [1.165, 1.54) is 4.57 Å². The summed E-state index contributed by atoms with van der Waals surface area (Å²) in [5.74, 6) is -1.58. The van der Waals surface area contributed by atoms with Gasteiger partial charge < -0.3 is 0 Å². The van der Waals surface area contributed by atoms with Crippen molar-refractivity contribution in [3.8, 4) is 11.4 Å². The van der Waals surface area contributed by atoms with Crippen LogP contribution in [0.3, 0.4) is 0 Å². The Bertz CT molecular complexity index is 774. The highest BCUT2D eigenvalue weighted by atomic mass is 32.2. The van der Waals surface area contributed by atoms with Gasteiger partial charge in [-0.2, -0.15) is 0 Å². The lowest BCUT2D eigenvalue weighted by Crippen LogP contribution is -2.29. The first kappa shape index (κ1) is 15.5. The first-order valence-corrected chi connectivity index (χ1v) is 7.50. The van der Waals surface area contributed by atoms with Gasteiger partial charge in [-0.05, 0) is 32.9 Å². The number of hydrogen-bond acceptors (Lipinski definition) is 4. The largest absolute Gasteiger partial charge is 0.291 e. The minimum atomic E-state index is -4.12. The summed E-state index contributed by atoms with van der Waals surface area (Å²) in [6.45, 7) is 5.10. The first-order valence-electron chi connectivity index (χ1n) is 5.95. The van der Waals surface area contributed by atoms with Gasteiger partial charge in [-0.25, -0.2) is 22.3 Å². The number of nitrogens with zero attached hydrogens (tertiary/aromatic N) is 3. The summed E-state index contributed by atoms with van der Waals surface area (Å²) in [4.78, 5) is 0. The number of aromatic nitrogens is 3. The Morgan fingerprint density at radius 3 is 2.05 bits per heavy atom. The molecule has 9 heteroatoms. The molecule has 0 unspecified atom stereocenters. The van der Waals surface area contributed by atoms with Crippen molar-refractivity contribution in [1.82, 2.24) is 14.8 Å². The van der Waals surface area contributed by atoms with E-state index in [0.29, 0.717) is 6.07 Å². The van der Waals surface area contributed by atoms with E-state index in [1.807, 2.05) is 0 Å². The predicted molar refractivity (Wildman–Crippen MR) is 71.7 cm³/mol. The molecule has 1 heterocycles. The number of benzene rings is 1. The third-order valence-electron chi connectivity index (χ3n) is 2.68. The summed E-state index contributed by atoms with van der Waals surface area (Å²) in [7, 11) is -4.12. The standard InChI is InChI=1S/C12H14F2N4O2S/c1-12(2,3)18-10(16-17-11(18)21(15,19)20)7-4-8(13)6-9(14)5-7/h4-6H,1-3H3,(H2,15,19,20). The number of primary sulfonamides is 1. The third kappa shape index (κ3) is 3.08. The minimum absolute atomic E-state index is 0.0184. The molecule has 0 saturated carbocycles. The maximum absolute atomic E-state index is 13.3. The lowest BCUT2D eigenvalue weighted by molar-refractivity contribution is 0.366. The molecule has 0 aliphatic rings. The molecule has 0 atom stereocenters. The fraction of sp³-hybridized carbons (Fsp3) is 0.333. The second-order valence-corrected chi connectivity index (χ2v) is 6.97. The van der Waals surface area contributed by atoms with Crippen LogP contribution in [0.25, 0.3) is 11.4 Å². The van der Waals surface area contributed by atoms with Gasteiger partial charge in [-0.1, -0.05) is 0 Å². The van der Waals surface area contributed by atoms with E-state index < -0.39 is 32.4 Å². The summed E-state index contributed by atoms with van der Waals surface area (Å²) < 4.78 is 51.1. The number of halogens is 2. The molecule has 6 nitrogen and oxygen atoms in total. The summed E-state index contributed by atoms with van der Waals surface area (Å²) in [5, 5.41) is 11.9. The first-order chi connectivity index (χ1) is 9.50. The lowest BCUT2D eigenvalue weighted by atomic mass is 10.1. The summed E-state index contributed by atoms with van der Waals surface area (Å²) in [6.07, 6.45) is 0. The van der Waals surface area contributed by atoms with Crippen LogP contribution in [0.4, 0.5) is 8.78 Å². The summed E-state index contributed by atoms with van der Waals surface area (Å²) in [5.41, 5.74) is -0.687. The van der Waals surface area contributed by atoms with Crippen molar-refractivity contribution >= 4 is 10.0 Å². The van der Waals surface area contributed by atoms with Gasteiger partial charge in [-0.15, -0.1) is 10.2 Å². The molecule has 1 aromatic carbocycles. The highest BCUT2D eigenvalue weighted by Crippen LogP contribution is 2.28. The van der Waals surface area contributed by atoms with Crippen LogP contribution in [0.15, 0.2) is 23.4 Å². The lowest BCUT2D eigenvalue weighted by Gasteiger charge is -2.24. The predicted octanol–water partition coefficient (Wildman–Crippen LogP) is 1.63. The van der Waals surface area contributed by atoms with Crippen LogP contribution in [-0.2, 0) is 15.6 Å². The Morgan fingerprint density at radius 2 is 1.62 bits per heavy atom. The fourth-order valence-corrected chi connectivity index (χ4v) is 2.70. The average Bonchev–Trinajstić information content (AvgIpc) is 2.70. The van der Waals surface area contributed by atoms with Gasteiger partial charge in [0.15, 0.2) is 5.82 Å². The van der Waals surface area contributed by atoms with Crippen LogP contribution in [0.5, 0.6) is 0 Å².